The number of aryl methyl sites for hydroxylation is 2. The van der Waals surface area contributed by atoms with E-state index in [4.69, 9.17) is 0 Å². The standard InChI is InChI=1S/C9H11O/c1-3-8-5-4-7(2)6-9(8)10/h5-6,10H,3H2,1-2H3. The molecule has 0 aliphatic carbocycles. The van der Waals surface area contributed by atoms with Crippen molar-refractivity contribution in [3.63, 3.8) is 0 Å². The molecule has 1 aromatic rings. The van der Waals surface area contributed by atoms with E-state index in [1.165, 1.54) is 0 Å². The van der Waals surface area contributed by atoms with E-state index in [9.17, 15) is 5.11 Å². The van der Waals surface area contributed by atoms with Crippen LogP contribution in [0.15, 0.2) is 12.1 Å². The third-order valence-corrected chi connectivity index (χ3v) is 1.54. The van der Waals surface area contributed by atoms with E-state index >= 15 is 0 Å². The largest absolute Gasteiger partial charge is 0.508 e. The molecule has 0 amide bonds. The van der Waals surface area contributed by atoms with E-state index in [-0.39, 0.29) is 0 Å². The van der Waals surface area contributed by atoms with Gasteiger partial charge in [-0.15, -0.1) is 0 Å². The van der Waals surface area contributed by atoms with Crippen molar-refractivity contribution in [3.05, 3.63) is 29.3 Å². The molecular formula is C9H11O. The Morgan fingerprint density at radius 2 is 2.30 bits per heavy atom. The Hall–Kier alpha value is -0.980. The van der Waals surface area contributed by atoms with Gasteiger partial charge in [0.1, 0.15) is 5.75 Å². The summed E-state index contributed by atoms with van der Waals surface area (Å²) in [5, 5.41) is 9.27. The Kier molecular flexibility index (Phi) is 1.95. The van der Waals surface area contributed by atoms with E-state index in [2.05, 4.69) is 6.07 Å². The lowest BCUT2D eigenvalue weighted by Gasteiger charge is -2.00. The lowest BCUT2D eigenvalue weighted by molar-refractivity contribution is 0.468. The van der Waals surface area contributed by atoms with Crippen molar-refractivity contribution in [2.75, 3.05) is 0 Å². The van der Waals surface area contributed by atoms with Gasteiger partial charge in [0.05, 0.1) is 0 Å². The molecule has 1 rings (SSSR count). The molecular weight excluding hydrogens is 124 g/mol. The third kappa shape index (κ3) is 1.29. The fourth-order valence-corrected chi connectivity index (χ4v) is 0.898. The van der Waals surface area contributed by atoms with Crippen molar-refractivity contribution < 1.29 is 5.11 Å². The molecule has 0 aliphatic rings. The molecule has 53 valence electrons. The van der Waals surface area contributed by atoms with Crippen molar-refractivity contribution >= 4 is 0 Å². The molecule has 0 atom stereocenters. The first-order valence-corrected chi connectivity index (χ1v) is 3.44. The molecule has 0 saturated carbocycles. The van der Waals surface area contributed by atoms with Gasteiger partial charge in [-0.1, -0.05) is 6.92 Å². The van der Waals surface area contributed by atoms with Crippen molar-refractivity contribution in [1.29, 1.82) is 0 Å². The van der Waals surface area contributed by atoms with Gasteiger partial charge < -0.3 is 5.11 Å². The number of phenolic OH excluding ortho intramolecular Hbond substituents is 1. The second-order valence-corrected chi connectivity index (χ2v) is 2.38. The second-order valence-electron chi connectivity index (χ2n) is 2.38. The summed E-state index contributed by atoms with van der Waals surface area (Å²) in [5.74, 6) is 0.388. The molecule has 0 fully saturated rings. The van der Waals surface area contributed by atoms with E-state index in [1.54, 1.807) is 6.07 Å². The number of benzene rings is 1. The summed E-state index contributed by atoms with van der Waals surface area (Å²) in [4.78, 5) is 0. The minimum atomic E-state index is 0.388. The molecule has 0 unspecified atom stereocenters. The van der Waals surface area contributed by atoms with Crippen LogP contribution >= 0.6 is 0 Å². The van der Waals surface area contributed by atoms with Gasteiger partial charge in [0.2, 0.25) is 0 Å². The number of aromatic hydroxyl groups is 1. The maximum atomic E-state index is 9.27. The molecule has 0 bridgehead atoms. The maximum absolute atomic E-state index is 9.27. The molecule has 0 heterocycles. The lowest BCUT2D eigenvalue weighted by Crippen LogP contribution is -1.81. The molecule has 1 heteroatoms. The molecule has 10 heavy (non-hydrogen) atoms. The van der Waals surface area contributed by atoms with Gasteiger partial charge in [-0.2, -0.15) is 0 Å². The van der Waals surface area contributed by atoms with E-state index < -0.39 is 0 Å². The highest BCUT2D eigenvalue weighted by Gasteiger charge is 1.96. The van der Waals surface area contributed by atoms with Crippen molar-refractivity contribution in [3.8, 4) is 5.75 Å². The summed E-state index contributed by atoms with van der Waals surface area (Å²) < 4.78 is 0. The number of rotatable bonds is 1. The van der Waals surface area contributed by atoms with Gasteiger partial charge in [0.15, 0.2) is 0 Å². The van der Waals surface area contributed by atoms with Crippen LogP contribution in [-0.4, -0.2) is 5.11 Å². The number of hydrogen-bond acceptors (Lipinski definition) is 1. The van der Waals surface area contributed by atoms with Crippen molar-refractivity contribution in [2.45, 2.75) is 20.3 Å². The molecule has 0 spiro atoms. The molecule has 0 aliphatic heterocycles. The summed E-state index contributed by atoms with van der Waals surface area (Å²) in [5.41, 5.74) is 1.94. The predicted molar refractivity (Wildman–Crippen MR) is 41.1 cm³/mol. The Labute approximate surface area is 61.3 Å². The van der Waals surface area contributed by atoms with Gasteiger partial charge in [0.25, 0.3) is 0 Å². The van der Waals surface area contributed by atoms with Crippen LogP contribution in [-0.2, 0) is 6.42 Å². The highest BCUT2D eigenvalue weighted by Crippen LogP contribution is 2.17. The van der Waals surface area contributed by atoms with Crippen LogP contribution in [0.3, 0.4) is 0 Å². The van der Waals surface area contributed by atoms with Crippen LogP contribution < -0.4 is 0 Å². The van der Waals surface area contributed by atoms with Crippen LogP contribution in [0.4, 0.5) is 0 Å². The Morgan fingerprint density at radius 3 is 2.80 bits per heavy atom. The van der Waals surface area contributed by atoms with E-state index in [0.717, 1.165) is 17.5 Å². The van der Waals surface area contributed by atoms with Crippen LogP contribution in [0.5, 0.6) is 5.75 Å². The van der Waals surface area contributed by atoms with Gasteiger partial charge in [-0.25, -0.2) is 0 Å². The SMILES string of the molecule is CCc1c[c]c(C)cc1O. The highest BCUT2D eigenvalue weighted by molar-refractivity contribution is 5.34. The maximum Gasteiger partial charge on any atom is 0.119 e. The fourth-order valence-electron chi connectivity index (χ4n) is 0.898. The van der Waals surface area contributed by atoms with Gasteiger partial charge >= 0.3 is 0 Å². The van der Waals surface area contributed by atoms with Gasteiger partial charge in [-0.05, 0) is 42.7 Å². The summed E-state index contributed by atoms with van der Waals surface area (Å²) in [6, 6.07) is 6.60. The lowest BCUT2D eigenvalue weighted by atomic mass is 10.1. The first-order valence-electron chi connectivity index (χ1n) is 3.44. The average Bonchev–Trinajstić information content (AvgIpc) is 1.88. The average molecular weight is 135 g/mol. The minimum Gasteiger partial charge on any atom is -0.508 e. The quantitative estimate of drug-likeness (QED) is 0.625. The summed E-state index contributed by atoms with van der Waals surface area (Å²) in [7, 11) is 0. The van der Waals surface area contributed by atoms with Crippen LogP contribution in [0.2, 0.25) is 0 Å². The molecule has 1 aromatic carbocycles. The molecule has 0 aromatic heterocycles. The molecule has 1 N–H and O–H groups in total. The van der Waals surface area contributed by atoms with Crippen LogP contribution in [0.1, 0.15) is 18.1 Å². The third-order valence-electron chi connectivity index (χ3n) is 1.54. The summed E-state index contributed by atoms with van der Waals surface area (Å²) in [6.45, 7) is 3.93. The first kappa shape index (κ1) is 7.13. The number of hydrogen-bond donors (Lipinski definition) is 1. The van der Waals surface area contributed by atoms with Crippen molar-refractivity contribution in [1.82, 2.24) is 0 Å². The molecule has 0 saturated heterocycles. The molecule has 1 nitrogen and oxygen atoms in total. The monoisotopic (exact) mass is 135 g/mol. The summed E-state index contributed by atoms with van der Waals surface area (Å²) in [6.07, 6.45) is 0.864. The summed E-state index contributed by atoms with van der Waals surface area (Å²) >= 11 is 0. The van der Waals surface area contributed by atoms with Gasteiger partial charge in [0, 0.05) is 0 Å². The highest BCUT2D eigenvalue weighted by atomic mass is 16.3. The second kappa shape index (κ2) is 2.74. The van der Waals surface area contributed by atoms with Gasteiger partial charge in [-0.3, -0.25) is 0 Å². The normalized spacial score (nSPS) is 9.80. The van der Waals surface area contributed by atoms with Crippen LogP contribution in [0, 0.1) is 13.0 Å². The zero-order valence-corrected chi connectivity index (χ0v) is 6.31. The van der Waals surface area contributed by atoms with E-state index in [0.29, 0.717) is 5.75 Å². The minimum absolute atomic E-state index is 0.388. The fraction of sp³-hybridized carbons (Fsp3) is 0.333. The van der Waals surface area contributed by atoms with Crippen molar-refractivity contribution in [2.24, 2.45) is 0 Å². The number of phenols is 1. The van der Waals surface area contributed by atoms with E-state index in [1.807, 2.05) is 19.9 Å². The Balaban J connectivity index is 3.07. The predicted octanol–water partition coefficient (Wildman–Crippen LogP) is 2.06. The zero-order chi connectivity index (χ0) is 7.56. The first-order chi connectivity index (χ1) is 4.74. The molecule has 1 radical (unpaired) electrons. The smallest absolute Gasteiger partial charge is 0.119 e. The zero-order valence-electron chi connectivity index (χ0n) is 6.31. The topological polar surface area (TPSA) is 20.2 Å². The Bertz CT molecular complexity index is 228. The van der Waals surface area contributed by atoms with Crippen LogP contribution in [0.25, 0.3) is 0 Å². The Morgan fingerprint density at radius 1 is 1.60 bits per heavy atom.